The Bertz CT molecular complexity index is 11.6. The largest absolute Gasteiger partial charge is 0 e. The Balaban J connectivity index is -0.00000000167. The minimum absolute atomic E-state index is 0. The van der Waals surface area contributed by atoms with Gasteiger partial charge in [-0.1, -0.05) is 0 Å². The molecule has 0 saturated carbocycles. The molecule has 0 saturated heterocycles. The first-order chi connectivity index (χ1) is 1.00. The van der Waals surface area contributed by atoms with Gasteiger partial charge < -0.3 is 0 Å². The summed E-state index contributed by atoms with van der Waals surface area (Å²) in [5.41, 5.74) is 0. The molecule has 0 unspecified atom stereocenters. The van der Waals surface area contributed by atoms with Gasteiger partial charge >= 0.3 is 12.4 Å². The van der Waals surface area contributed by atoms with E-state index in [1.807, 2.05) is 0 Å². The molecule has 0 spiro atoms. The van der Waals surface area contributed by atoms with Gasteiger partial charge in [0.1, 0.15) is 0 Å². The van der Waals surface area contributed by atoms with Crippen molar-refractivity contribution in [2.24, 2.45) is 0 Å². The van der Waals surface area contributed by atoms with Crippen molar-refractivity contribution in [1.29, 1.82) is 0 Å². The Morgan fingerprint density at radius 3 is 1.20 bits per heavy atom. The molecule has 0 aromatic rings. The molecule has 0 heterocycles. The Morgan fingerprint density at radius 1 is 1.20 bits per heavy atom. The normalized spacial score (nSPS) is 0.600. The Kier molecular flexibility index (Phi) is 135. The van der Waals surface area contributed by atoms with E-state index in [-0.39, 0.29) is 97.6 Å². The van der Waals surface area contributed by atoms with Gasteiger partial charge in [-0.25, -0.2) is 0 Å². The molecule has 0 rings (SSSR count). The minimum atomic E-state index is 0. The Morgan fingerprint density at radius 2 is 1.20 bits per heavy atom. The van der Waals surface area contributed by atoms with Gasteiger partial charge in [-0.2, -0.15) is 0 Å². The molecule has 0 aliphatic carbocycles. The fraction of sp³-hybridized carbons (Fsp3) is 0. The van der Waals surface area contributed by atoms with Crippen LogP contribution in [0.25, 0.3) is 0 Å². The van der Waals surface area contributed by atoms with E-state index in [2.05, 4.69) is 7.72 Å². The molecule has 30 valence electrons. The van der Waals surface area contributed by atoms with Crippen LogP contribution in [-0.2, 0) is 23.3 Å². The van der Waals surface area contributed by atoms with Gasteiger partial charge in [0.25, 0.3) is 0 Å². The van der Waals surface area contributed by atoms with Gasteiger partial charge in [0.2, 0.25) is 0 Å². The van der Waals surface area contributed by atoms with Crippen LogP contribution in [0.4, 0.5) is 0 Å². The third kappa shape index (κ3) is 19.3. The van der Waals surface area contributed by atoms with E-state index in [9.17, 15) is 0 Å². The molecule has 0 bridgehead atoms. The second kappa shape index (κ2) is 27.6. The Hall–Kier alpha value is 3.07. The third-order valence-corrected chi connectivity index (χ3v) is 0. The van der Waals surface area contributed by atoms with E-state index in [0.29, 0.717) is 0 Å². The summed E-state index contributed by atoms with van der Waals surface area (Å²) >= 11 is 0. The van der Waals surface area contributed by atoms with E-state index in [0.717, 1.165) is 0 Å². The van der Waals surface area contributed by atoms with Crippen molar-refractivity contribution in [2.45, 2.75) is 0 Å². The predicted molar refractivity (Wildman–Crippen MR) is 6.44 cm³/mol. The monoisotopic (exact) mass is 384 g/mol. The molecule has 0 fully saturated rings. The van der Waals surface area contributed by atoms with E-state index in [1.54, 1.807) is 0 Å². The fourth-order valence-electron chi connectivity index (χ4n) is 0. The molecule has 0 aliphatic heterocycles. The summed E-state index contributed by atoms with van der Waals surface area (Å²) in [4.78, 5) is 0. The predicted octanol–water partition coefficient (Wildman–Crippen LogP) is -0.502. The molecule has 2 radical (unpaired) electrons. The van der Waals surface area contributed by atoms with Crippen molar-refractivity contribution < 1.29 is 102 Å². The zero-order valence-corrected chi connectivity index (χ0v) is 8.61. The summed E-state index contributed by atoms with van der Waals surface area (Å²) < 4.78 is 7.75. The van der Waals surface area contributed by atoms with Crippen LogP contribution in [0.1, 0.15) is 0 Å². The van der Waals surface area contributed by atoms with Crippen LogP contribution in [0.2, 0.25) is 0 Å². The van der Waals surface area contributed by atoms with E-state index >= 15 is 0 Å². The quantitative estimate of drug-likeness (QED) is 0.514. The van der Waals surface area contributed by atoms with Crippen molar-refractivity contribution >= 4 is 7.72 Å². The first-order valence-corrected chi connectivity index (χ1v) is 0.236. The van der Waals surface area contributed by atoms with Crippen LogP contribution in [0.3, 0.4) is 0 Å². The zero-order chi connectivity index (χ0) is 2.00. The fourth-order valence-corrected chi connectivity index (χ4v) is 0. The van der Waals surface area contributed by atoms with E-state index in [1.165, 1.54) is 0 Å². The molecule has 5 heteroatoms. The summed E-state index contributed by atoms with van der Waals surface area (Å²) in [6, 6.07) is 0. The summed E-state index contributed by atoms with van der Waals surface area (Å²) in [7, 11) is 3.25. The summed E-state index contributed by atoms with van der Waals surface area (Å²) in [6.45, 7) is 0. The molecule has 0 N–H and O–H groups in total. The molecule has 5 heavy (non-hydrogen) atoms. The van der Waals surface area contributed by atoms with Gasteiger partial charge in [-0.15, -0.1) is 0 Å². The Labute approximate surface area is 107 Å². The SMILES string of the molecule is [B]=O.[Ce].[Er].[V]. The van der Waals surface area contributed by atoms with E-state index < -0.39 is 0 Å². The maximum atomic E-state index is 7.75. The topological polar surface area (TPSA) is 17.1 Å². The van der Waals surface area contributed by atoms with Crippen molar-refractivity contribution in [3.8, 4) is 0 Å². The van der Waals surface area contributed by atoms with Crippen molar-refractivity contribution in [3.05, 3.63) is 0 Å². The molecule has 0 amide bonds. The molecule has 0 atom stereocenters. The second-order valence-electron chi connectivity index (χ2n) is 0. The van der Waals surface area contributed by atoms with Crippen molar-refractivity contribution in [1.82, 2.24) is 0 Å². The van der Waals surface area contributed by atoms with Crippen LogP contribution in [0.15, 0.2) is 0 Å². The molecule has 0 aliphatic rings. The van der Waals surface area contributed by atoms with E-state index in [4.69, 9.17) is 4.70 Å². The van der Waals surface area contributed by atoms with Gasteiger partial charge in [0, 0.05) is 97.6 Å². The van der Waals surface area contributed by atoms with Crippen molar-refractivity contribution in [3.63, 3.8) is 0 Å². The maximum Gasteiger partial charge on any atom is 0 e. The molecule has 1 nitrogen and oxygen atoms in total. The average Bonchev–Trinajstić information content (AvgIpc) is 1.00. The van der Waals surface area contributed by atoms with Gasteiger partial charge in [-0.3, -0.25) is 0 Å². The standard InChI is InChI=1S/BO.Ce.Er.V/c1-2;;;. The zero-order valence-electron chi connectivity index (χ0n) is 2.22. The third-order valence-electron chi connectivity index (χ3n) is 0. The number of hydrogen-bond donors (Lipinski definition) is 0. The van der Waals surface area contributed by atoms with Crippen LogP contribution >= 0.6 is 0 Å². The number of hydrogen-bond acceptors (Lipinski definition) is 1. The van der Waals surface area contributed by atoms with Crippen LogP contribution in [0.5, 0.6) is 0 Å². The molecular formula is BCeErOV. The smallest absolute Gasteiger partial charge is 0 e. The molecule has 0 aromatic carbocycles. The van der Waals surface area contributed by atoms with Crippen molar-refractivity contribution in [2.75, 3.05) is 0 Å². The summed E-state index contributed by atoms with van der Waals surface area (Å²) in [5, 5.41) is 0. The molecule has 0 aromatic heterocycles. The van der Waals surface area contributed by atoms with Crippen LogP contribution < -0.4 is 0 Å². The first-order valence-electron chi connectivity index (χ1n) is 0.236. The maximum absolute atomic E-state index is 7.75. The van der Waals surface area contributed by atoms with Gasteiger partial charge in [0.05, 0.1) is 0 Å². The molecular weight excluding hydrogens is 385 g/mol. The van der Waals surface area contributed by atoms with Gasteiger partial charge in [-0.05, 0) is 0 Å². The first kappa shape index (κ1) is 24.3. The second-order valence-corrected chi connectivity index (χ2v) is 0. The summed E-state index contributed by atoms with van der Waals surface area (Å²) in [6.07, 6.45) is 0. The summed E-state index contributed by atoms with van der Waals surface area (Å²) in [5.74, 6) is 0. The minimum Gasteiger partial charge on any atom is 0 e. The van der Waals surface area contributed by atoms with Crippen LogP contribution in [0, 0.1) is 79.1 Å². The number of rotatable bonds is 0. The average molecular weight is 385 g/mol. The van der Waals surface area contributed by atoms with Gasteiger partial charge in [0.15, 0.2) is 0 Å². The van der Waals surface area contributed by atoms with Crippen LogP contribution in [-0.4, -0.2) is 7.72 Å².